The summed E-state index contributed by atoms with van der Waals surface area (Å²) in [4.78, 5) is 17.2. The zero-order chi connectivity index (χ0) is 18.5. The van der Waals surface area contributed by atoms with Crippen molar-refractivity contribution in [1.82, 2.24) is 20.6 Å². The van der Waals surface area contributed by atoms with Gasteiger partial charge in [0.25, 0.3) is 5.91 Å². The van der Waals surface area contributed by atoms with Crippen molar-refractivity contribution in [2.45, 2.75) is 0 Å². The predicted molar refractivity (Wildman–Crippen MR) is 105 cm³/mol. The van der Waals surface area contributed by atoms with Crippen molar-refractivity contribution in [2.75, 3.05) is 17.7 Å². The Morgan fingerprint density at radius 3 is 2.78 bits per heavy atom. The first kappa shape index (κ1) is 15.9. The average Bonchev–Trinajstić information content (AvgIpc) is 3.37. The second-order valence-electron chi connectivity index (χ2n) is 6.07. The second-order valence-corrected chi connectivity index (χ2v) is 6.93. The summed E-state index contributed by atoms with van der Waals surface area (Å²) in [6.45, 7) is 0. The molecule has 5 rings (SSSR count). The molecule has 1 aromatic heterocycles. The fraction of sp³-hybridized carbons (Fsp3) is 0.0556. The van der Waals surface area contributed by atoms with Gasteiger partial charge >= 0.3 is 0 Å². The van der Waals surface area contributed by atoms with E-state index in [4.69, 9.17) is 0 Å². The maximum Gasteiger partial charge on any atom is 0.258 e. The Bertz CT molecular complexity index is 1160. The number of nitrogens with one attached hydrogen (secondary N) is 3. The smallest absolute Gasteiger partial charge is 0.258 e. The molecule has 0 fully saturated rings. The molecule has 0 saturated carbocycles. The molecule has 2 aromatic carbocycles. The normalized spacial score (nSPS) is 19.0. The molecule has 9 heteroatoms. The minimum absolute atomic E-state index is 0.159. The van der Waals surface area contributed by atoms with E-state index in [9.17, 15) is 4.79 Å². The van der Waals surface area contributed by atoms with Crippen molar-refractivity contribution < 1.29 is 4.79 Å². The number of aliphatic imine (C=N–C) groups is 1. The molecule has 0 unspecified atom stereocenters. The van der Waals surface area contributed by atoms with Gasteiger partial charge in [-0.1, -0.05) is 12.1 Å². The summed E-state index contributed by atoms with van der Waals surface area (Å²) >= 11 is 3.49. The van der Waals surface area contributed by atoms with Gasteiger partial charge in [-0.15, -0.1) is 5.10 Å². The number of aromatic amines is 1. The molecule has 1 amide bonds. The van der Waals surface area contributed by atoms with Crippen LogP contribution in [0.15, 0.2) is 51.6 Å². The SMILES string of the molecule is C/N=C1/C(=C2/C(=O)Nc3c(Br)cccc32)Nc2ccc(-c3nnn[nH]3)cc21. The van der Waals surface area contributed by atoms with Crippen LogP contribution in [-0.4, -0.2) is 39.3 Å². The molecule has 8 nitrogen and oxygen atoms in total. The Kier molecular flexibility index (Phi) is 3.44. The van der Waals surface area contributed by atoms with Crippen molar-refractivity contribution in [3.63, 3.8) is 0 Å². The van der Waals surface area contributed by atoms with Gasteiger partial charge < -0.3 is 10.6 Å². The van der Waals surface area contributed by atoms with Gasteiger partial charge in [0.15, 0.2) is 5.82 Å². The number of hydrogen-bond acceptors (Lipinski definition) is 6. The molecule has 132 valence electrons. The molecule has 0 aliphatic carbocycles. The van der Waals surface area contributed by atoms with Gasteiger partial charge in [0.1, 0.15) is 0 Å². The van der Waals surface area contributed by atoms with Crippen LogP contribution in [0.25, 0.3) is 17.0 Å². The number of tetrazole rings is 1. The third-order valence-electron chi connectivity index (χ3n) is 4.61. The summed E-state index contributed by atoms with van der Waals surface area (Å²) in [5.74, 6) is 0.412. The van der Waals surface area contributed by atoms with Gasteiger partial charge in [0, 0.05) is 33.9 Å². The molecule has 3 heterocycles. The van der Waals surface area contributed by atoms with Crippen LogP contribution in [0, 0.1) is 0 Å². The number of aromatic nitrogens is 4. The monoisotopic (exact) mass is 421 g/mol. The zero-order valence-electron chi connectivity index (χ0n) is 14.0. The minimum atomic E-state index is -0.159. The Morgan fingerprint density at radius 2 is 2.00 bits per heavy atom. The quantitative estimate of drug-likeness (QED) is 0.523. The number of H-pyrrole nitrogens is 1. The highest BCUT2D eigenvalue weighted by Gasteiger charge is 2.34. The molecule has 0 radical (unpaired) electrons. The summed E-state index contributed by atoms with van der Waals surface area (Å²) in [5, 5.41) is 20.2. The Labute approximate surface area is 161 Å². The molecule has 0 saturated heterocycles. The topological polar surface area (TPSA) is 108 Å². The van der Waals surface area contributed by atoms with Gasteiger partial charge in [-0.3, -0.25) is 9.79 Å². The summed E-state index contributed by atoms with van der Waals surface area (Å²) < 4.78 is 0.842. The molecule has 0 bridgehead atoms. The predicted octanol–water partition coefficient (Wildman–Crippen LogP) is 2.84. The van der Waals surface area contributed by atoms with Gasteiger partial charge in [0.05, 0.1) is 22.7 Å². The van der Waals surface area contributed by atoms with E-state index in [1.807, 2.05) is 36.4 Å². The van der Waals surface area contributed by atoms with Crippen molar-refractivity contribution in [2.24, 2.45) is 4.99 Å². The van der Waals surface area contributed by atoms with Crippen molar-refractivity contribution in [3.8, 4) is 11.4 Å². The van der Waals surface area contributed by atoms with Crippen LogP contribution in [0.3, 0.4) is 0 Å². The zero-order valence-corrected chi connectivity index (χ0v) is 15.6. The van der Waals surface area contributed by atoms with E-state index in [0.717, 1.165) is 38.2 Å². The Morgan fingerprint density at radius 1 is 1.11 bits per heavy atom. The third kappa shape index (κ3) is 2.32. The molecular weight excluding hydrogens is 410 g/mol. The second kappa shape index (κ2) is 5.85. The molecule has 3 aromatic rings. The minimum Gasteiger partial charge on any atom is -0.353 e. The van der Waals surface area contributed by atoms with Crippen LogP contribution in [0.4, 0.5) is 11.4 Å². The molecular formula is C18H12BrN7O. The number of anilines is 2. The number of halogens is 1. The maximum absolute atomic E-state index is 12.7. The molecule has 0 spiro atoms. The highest BCUT2D eigenvalue weighted by molar-refractivity contribution is 9.10. The van der Waals surface area contributed by atoms with E-state index < -0.39 is 0 Å². The largest absolute Gasteiger partial charge is 0.353 e. The summed E-state index contributed by atoms with van der Waals surface area (Å²) in [6, 6.07) is 11.5. The summed E-state index contributed by atoms with van der Waals surface area (Å²) in [6.07, 6.45) is 0. The van der Waals surface area contributed by atoms with Crippen molar-refractivity contribution >= 4 is 44.5 Å². The molecule has 2 aliphatic heterocycles. The fourth-order valence-electron chi connectivity index (χ4n) is 3.43. The van der Waals surface area contributed by atoms with E-state index in [-0.39, 0.29) is 5.91 Å². The highest BCUT2D eigenvalue weighted by atomic mass is 79.9. The van der Waals surface area contributed by atoms with E-state index in [2.05, 4.69) is 52.2 Å². The van der Waals surface area contributed by atoms with E-state index in [0.29, 0.717) is 17.1 Å². The van der Waals surface area contributed by atoms with E-state index in [1.165, 1.54) is 0 Å². The first-order valence-electron chi connectivity index (χ1n) is 8.14. The molecule has 2 aliphatic rings. The first-order chi connectivity index (χ1) is 13.2. The van der Waals surface area contributed by atoms with Gasteiger partial charge in [-0.05, 0) is 50.6 Å². The Hall–Kier alpha value is -3.33. The average molecular weight is 422 g/mol. The van der Waals surface area contributed by atoms with Crippen LogP contribution in [0.2, 0.25) is 0 Å². The maximum atomic E-state index is 12.7. The Balaban J connectivity index is 1.69. The van der Waals surface area contributed by atoms with Crippen LogP contribution < -0.4 is 10.6 Å². The highest BCUT2D eigenvalue weighted by Crippen LogP contribution is 2.42. The number of allylic oxidation sites excluding steroid dienone is 1. The van der Waals surface area contributed by atoms with Crippen LogP contribution >= 0.6 is 15.9 Å². The van der Waals surface area contributed by atoms with Gasteiger partial charge in [-0.25, -0.2) is 5.10 Å². The number of rotatable bonds is 1. The lowest BCUT2D eigenvalue weighted by molar-refractivity contribution is -0.110. The number of carbonyl (C=O) groups is 1. The number of amides is 1. The molecule has 27 heavy (non-hydrogen) atoms. The number of benzene rings is 2. The molecule has 0 atom stereocenters. The first-order valence-corrected chi connectivity index (χ1v) is 8.94. The lowest BCUT2D eigenvalue weighted by atomic mass is 10.0. The number of para-hydroxylation sites is 1. The van der Waals surface area contributed by atoms with E-state index in [1.54, 1.807) is 7.05 Å². The van der Waals surface area contributed by atoms with Crippen LogP contribution in [-0.2, 0) is 4.79 Å². The lowest BCUT2D eigenvalue weighted by Gasteiger charge is -2.06. The van der Waals surface area contributed by atoms with Crippen LogP contribution in [0.5, 0.6) is 0 Å². The number of carbonyl (C=O) groups excluding carboxylic acids is 1. The number of fused-ring (bicyclic) bond motifs is 2. The lowest BCUT2D eigenvalue weighted by Crippen LogP contribution is -2.12. The molecule has 3 N–H and O–H groups in total. The fourth-order valence-corrected chi connectivity index (χ4v) is 3.89. The van der Waals surface area contributed by atoms with Crippen molar-refractivity contribution in [1.29, 1.82) is 0 Å². The van der Waals surface area contributed by atoms with Crippen LogP contribution in [0.1, 0.15) is 11.1 Å². The van der Waals surface area contributed by atoms with Crippen molar-refractivity contribution in [3.05, 3.63) is 57.7 Å². The number of nitrogens with zero attached hydrogens (tertiary/aromatic N) is 4. The van der Waals surface area contributed by atoms with Gasteiger partial charge in [-0.2, -0.15) is 0 Å². The summed E-state index contributed by atoms with van der Waals surface area (Å²) in [7, 11) is 1.71. The summed E-state index contributed by atoms with van der Waals surface area (Å²) in [5.41, 5.74) is 6.21. The third-order valence-corrected chi connectivity index (χ3v) is 5.27. The number of hydrogen-bond donors (Lipinski definition) is 3. The standard InChI is InChI=1S/C18H12BrN7O/c1-20-15-10-7-8(17-23-25-26-24-17)5-6-12(10)21-16(15)13-9-3-2-4-11(19)14(9)22-18(13)27/h2-7,21H,1H3,(H,22,27)(H,23,24,25,26)/b16-13-,20-15+. The van der Waals surface area contributed by atoms with Gasteiger partial charge in [0.2, 0.25) is 0 Å². The van der Waals surface area contributed by atoms with E-state index >= 15 is 0 Å².